The number of aromatic nitrogens is 1. The molecule has 1 aliphatic heterocycles. The Morgan fingerprint density at radius 1 is 1.13 bits per heavy atom. The van der Waals surface area contributed by atoms with E-state index in [0.29, 0.717) is 30.1 Å². The third-order valence-electron chi connectivity index (χ3n) is 7.35. The number of benzene rings is 1. The maximum absolute atomic E-state index is 13.4. The maximum atomic E-state index is 13.4. The molecule has 4 rings (SSSR count). The zero-order valence-electron chi connectivity index (χ0n) is 18.5. The first-order chi connectivity index (χ1) is 14.5. The van der Waals surface area contributed by atoms with E-state index in [4.69, 9.17) is 5.26 Å². The summed E-state index contributed by atoms with van der Waals surface area (Å²) < 4.78 is 2.27. The van der Waals surface area contributed by atoms with Gasteiger partial charge in [0.15, 0.2) is 5.78 Å². The summed E-state index contributed by atoms with van der Waals surface area (Å²) in [5.41, 5.74) is 4.88. The van der Waals surface area contributed by atoms with Gasteiger partial charge in [0.05, 0.1) is 18.2 Å². The van der Waals surface area contributed by atoms with Crippen LogP contribution in [0, 0.1) is 18.3 Å². The second-order valence-electron chi connectivity index (χ2n) is 9.13. The molecule has 2 atom stereocenters. The largest absolute Gasteiger partial charge is 0.317 e. The Morgan fingerprint density at radius 2 is 1.83 bits per heavy atom. The zero-order valence-corrected chi connectivity index (χ0v) is 18.5. The minimum atomic E-state index is 0.242. The van der Waals surface area contributed by atoms with Gasteiger partial charge in [0.25, 0.3) is 0 Å². The summed E-state index contributed by atoms with van der Waals surface area (Å²) in [7, 11) is 0. The van der Waals surface area contributed by atoms with Crippen LogP contribution >= 0.6 is 0 Å². The van der Waals surface area contributed by atoms with Gasteiger partial charge in [0.2, 0.25) is 0 Å². The fourth-order valence-electron chi connectivity index (χ4n) is 5.56. The van der Waals surface area contributed by atoms with Crippen molar-refractivity contribution in [3.05, 3.63) is 52.8 Å². The molecule has 30 heavy (non-hydrogen) atoms. The van der Waals surface area contributed by atoms with Crippen molar-refractivity contribution in [1.29, 1.82) is 5.26 Å². The van der Waals surface area contributed by atoms with E-state index in [2.05, 4.69) is 42.4 Å². The van der Waals surface area contributed by atoms with Crippen molar-refractivity contribution < 1.29 is 4.79 Å². The summed E-state index contributed by atoms with van der Waals surface area (Å²) in [6.45, 7) is 7.07. The summed E-state index contributed by atoms with van der Waals surface area (Å²) in [5.74, 6) is 0.751. The average Bonchev–Trinajstić information content (AvgIpc) is 3.48. The molecule has 4 nitrogen and oxygen atoms in total. The highest BCUT2D eigenvalue weighted by atomic mass is 16.1. The standard InChI is InChI=1S/C26H33N3O/c1-4-22-12-9-18(2)28(22)17-26(30)24-15-25(21-7-5-6-8-21)29(19(24)3)23-13-10-20(16-27)11-14-23/h10-11,13-15,18,21-22H,4-9,12,17H2,1-3H3. The number of hydrogen-bond donors (Lipinski definition) is 0. The molecule has 158 valence electrons. The van der Waals surface area contributed by atoms with E-state index in [0.717, 1.165) is 23.4 Å². The van der Waals surface area contributed by atoms with E-state index < -0.39 is 0 Å². The van der Waals surface area contributed by atoms with Crippen LogP contribution in [-0.2, 0) is 0 Å². The molecule has 2 fully saturated rings. The number of carbonyl (C=O) groups excluding carboxylic acids is 1. The molecule has 0 spiro atoms. The predicted molar refractivity (Wildman–Crippen MR) is 120 cm³/mol. The fraction of sp³-hybridized carbons (Fsp3) is 0.538. The molecule has 2 heterocycles. The molecule has 2 aliphatic rings. The lowest BCUT2D eigenvalue weighted by atomic mass is 10.0. The molecule has 4 heteroatoms. The minimum Gasteiger partial charge on any atom is -0.317 e. The number of nitriles is 1. The summed E-state index contributed by atoms with van der Waals surface area (Å²) in [6.07, 6.45) is 8.39. The lowest BCUT2D eigenvalue weighted by Crippen LogP contribution is -2.38. The predicted octanol–water partition coefficient (Wildman–Crippen LogP) is 5.76. The molecule has 1 saturated carbocycles. The molecule has 2 unspecified atom stereocenters. The van der Waals surface area contributed by atoms with Crippen LogP contribution in [0.5, 0.6) is 0 Å². The Hall–Kier alpha value is -2.38. The van der Waals surface area contributed by atoms with Gasteiger partial charge in [-0.2, -0.15) is 5.26 Å². The minimum absolute atomic E-state index is 0.242. The lowest BCUT2D eigenvalue weighted by Gasteiger charge is -2.26. The van der Waals surface area contributed by atoms with Crippen LogP contribution in [0.15, 0.2) is 30.3 Å². The molecular weight excluding hydrogens is 370 g/mol. The Balaban J connectivity index is 1.70. The number of hydrogen-bond acceptors (Lipinski definition) is 3. The molecule has 0 amide bonds. The third-order valence-corrected chi connectivity index (χ3v) is 7.35. The summed E-state index contributed by atoms with van der Waals surface area (Å²) in [6, 6.07) is 13.1. The van der Waals surface area contributed by atoms with Crippen molar-refractivity contribution in [1.82, 2.24) is 9.47 Å². The number of likely N-dealkylation sites (tertiary alicyclic amines) is 1. The Labute approximate surface area is 180 Å². The molecule has 0 bridgehead atoms. The van der Waals surface area contributed by atoms with Gasteiger partial charge < -0.3 is 4.57 Å². The average molecular weight is 404 g/mol. The van der Waals surface area contributed by atoms with Gasteiger partial charge in [-0.3, -0.25) is 9.69 Å². The number of ketones is 1. The number of nitrogens with zero attached hydrogens (tertiary/aromatic N) is 3. The second-order valence-corrected chi connectivity index (χ2v) is 9.13. The molecule has 0 N–H and O–H groups in total. The van der Waals surface area contributed by atoms with Crippen molar-refractivity contribution >= 4 is 5.78 Å². The summed E-state index contributed by atoms with van der Waals surface area (Å²) in [4.78, 5) is 15.9. The number of rotatable bonds is 6. The molecule has 1 aromatic heterocycles. The third kappa shape index (κ3) is 3.84. The highest BCUT2D eigenvalue weighted by molar-refractivity contribution is 5.99. The molecular formula is C26H33N3O. The molecule has 1 saturated heterocycles. The monoisotopic (exact) mass is 403 g/mol. The fourth-order valence-corrected chi connectivity index (χ4v) is 5.56. The van der Waals surface area contributed by atoms with Crippen LogP contribution in [0.2, 0.25) is 0 Å². The van der Waals surface area contributed by atoms with E-state index in [1.165, 1.54) is 44.2 Å². The smallest absolute Gasteiger partial charge is 0.178 e. The van der Waals surface area contributed by atoms with Crippen molar-refractivity contribution in [2.75, 3.05) is 6.54 Å². The Morgan fingerprint density at radius 3 is 2.47 bits per heavy atom. The van der Waals surface area contributed by atoms with Crippen LogP contribution in [-0.4, -0.2) is 33.9 Å². The van der Waals surface area contributed by atoms with E-state index in [-0.39, 0.29) is 5.78 Å². The van der Waals surface area contributed by atoms with Gasteiger partial charge in [-0.05, 0) is 82.2 Å². The SMILES string of the molecule is CCC1CCC(C)N1CC(=O)c1cc(C2CCCC2)n(-c2ccc(C#N)cc2)c1C. The van der Waals surface area contributed by atoms with Gasteiger partial charge in [0, 0.05) is 34.7 Å². The Kier molecular flexibility index (Phi) is 6.11. The first kappa shape index (κ1) is 20.9. The summed E-state index contributed by atoms with van der Waals surface area (Å²) in [5, 5.41) is 9.15. The van der Waals surface area contributed by atoms with Crippen LogP contribution in [0.3, 0.4) is 0 Å². The first-order valence-electron chi connectivity index (χ1n) is 11.5. The molecule has 2 aromatic rings. The van der Waals surface area contributed by atoms with Gasteiger partial charge in [-0.15, -0.1) is 0 Å². The molecule has 1 aliphatic carbocycles. The molecule has 0 radical (unpaired) electrons. The zero-order chi connectivity index (χ0) is 21.3. The number of carbonyl (C=O) groups is 1. The second kappa shape index (κ2) is 8.78. The van der Waals surface area contributed by atoms with Crippen molar-refractivity contribution in [2.45, 2.75) is 83.7 Å². The Bertz CT molecular complexity index is 944. The van der Waals surface area contributed by atoms with Crippen LogP contribution in [0.25, 0.3) is 5.69 Å². The van der Waals surface area contributed by atoms with Crippen molar-refractivity contribution in [3.63, 3.8) is 0 Å². The normalized spacial score (nSPS) is 22.5. The van der Waals surface area contributed by atoms with Crippen molar-refractivity contribution in [3.8, 4) is 11.8 Å². The van der Waals surface area contributed by atoms with Gasteiger partial charge >= 0.3 is 0 Å². The maximum Gasteiger partial charge on any atom is 0.178 e. The van der Waals surface area contributed by atoms with E-state index >= 15 is 0 Å². The van der Waals surface area contributed by atoms with Gasteiger partial charge in [-0.25, -0.2) is 0 Å². The number of Topliss-reactive ketones (excluding diaryl/α,β-unsaturated/α-hetero) is 1. The van der Waals surface area contributed by atoms with Crippen LogP contribution in [0.1, 0.15) is 92.0 Å². The lowest BCUT2D eigenvalue weighted by molar-refractivity contribution is 0.0888. The topological polar surface area (TPSA) is 49.0 Å². The highest BCUT2D eigenvalue weighted by Crippen LogP contribution is 2.38. The van der Waals surface area contributed by atoms with E-state index in [1.54, 1.807) is 0 Å². The summed E-state index contributed by atoms with van der Waals surface area (Å²) >= 11 is 0. The van der Waals surface area contributed by atoms with E-state index in [9.17, 15) is 4.79 Å². The van der Waals surface area contributed by atoms with Gasteiger partial charge in [-0.1, -0.05) is 19.8 Å². The quantitative estimate of drug-likeness (QED) is 0.576. The van der Waals surface area contributed by atoms with Crippen molar-refractivity contribution in [2.24, 2.45) is 0 Å². The van der Waals surface area contributed by atoms with E-state index in [1.807, 2.05) is 24.3 Å². The van der Waals surface area contributed by atoms with Gasteiger partial charge in [0.1, 0.15) is 0 Å². The van der Waals surface area contributed by atoms with Crippen LogP contribution < -0.4 is 0 Å². The highest BCUT2D eigenvalue weighted by Gasteiger charge is 2.32. The first-order valence-corrected chi connectivity index (χ1v) is 11.5. The molecule has 1 aromatic carbocycles. The van der Waals surface area contributed by atoms with Crippen LogP contribution in [0.4, 0.5) is 0 Å².